The maximum Gasteiger partial charge on any atom is 0.232 e. The number of nitrogens with one attached hydrogen (secondary N) is 1. The summed E-state index contributed by atoms with van der Waals surface area (Å²) in [6.45, 7) is 0.540. The molecule has 1 heterocycles. The van der Waals surface area contributed by atoms with Crippen LogP contribution in [0, 0.1) is 0 Å². The molecule has 0 aliphatic carbocycles. The largest absolute Gasteiger partial charge is 0.355 e. The average molecular weight is 433 g/mol. The number of aromatic nitrogens is 1. The van der Waals surface area contributed by atoms with Crippen molar-refractivity contribution >= 4 is 28.8 Å². The van der Waals surface area contributed by atoms with Gasteiger partial charge in [0.2, 0.25) is 5.91 Å². The second-order valence-corrected chi connectivity index (χ2v) is 8.24. The lowest BCUT2D eigenvalue weighted by atomic mass is 9.90. The minimum absolute atomic E-state index is 0.000513. The first kappa shape index (κ1) is 20.3. The fraction of sp³-hybridized carbons (Fsp3) is 0.120. The van der Waals surface area contributed by atoms with Crippen molar-refractivity contribution in [1.29, 1.82) is 0 Å². The lowest BCUT2D eigenvalue weighted by Crippen LogP contribution is -2.31. The van der Waals surface area contributed by atoms with E-state index in [1.807, 2.05) is 90.3 Å². The zero-order valence-corrected chi connectivity index (χ0v) is 17.9. The minimum atomic E-state index is -0.326. The molecule has 150 valence electrons. The number of hydrogen-bond donors (Lipinski definition) is 1. The van der Waals surface area contributed by atoms with Crippen LogP contribution < -0.4 is 5.32 Å². The molecule has 1 aromatic heterocycles. The number of carbonyl (C=O) groups excluding carboxylic acids is 1. The molecule has 0 aliphatic heterocycles. The fourth-order valence-electron chi connectivity index (χ4n) is 3.35. The molecule has 3 aromatic carbocycles. The molecule has 5 heteroatoms. The Bertz CT molecular complexity index is 1060. The molecule has 4 rings (SSSR count). The van der Waals surface area contributed by atoms with Gasteiger partial charge in [0.15, 0.2) is 0 Å². The van der Waals surface area contributed by atoms with Crippen molar-refractivity contribution in [3.05, 3.63) is 112 Å². The van der Waals surface area contributed by atoms with Crippen molar-refractivity contribution < 1.29 is 4.79 Å². The summed E-state index contributed by atoms with van der Waals surface area (Å²) in [5.74, 6) is -0.326. The van der Waals surface area contributed by atoms with Crippen molar-refractivity contribution in [1.82, 2.24) is 10.3 Å². The minimum Gasteiger partial charge on any atom is -0.355 e. The summed E-state index contributed by atoms with van der Waals surface area (Å²) in [6.07, 6.45) is 0.687. The van der Waals surface area contributed by atoms with Crippen LogP contribution in [0.1, 0.15) is 22.7 Å². The van der Waals surface area contributed by atoms with Gasteiger partial charge in [0.25, 0.3) is 0 Å². The first-order valence-electron chi connectivity index (χ1n) is 9.78. The number of nitrogens with zero attached hydrogens (tertiary/aromatic N) is 1. The first-order valence-corrected chi connectivity index (χ1v) is 11.0. The summed E-state index contributed by atoms with van der Waals surface area (Å²) >= 11 is 7.56. The molecule has 0 saturated heterocycles. The predicted octanol–water partition coefficient (Wildman–Crippen LogP) is 5.95. The molecule has 4 aromatic rings. The number of rotatable bonds is 7. The number of thiazole rings is 1. The van der Waals surface area contributed by atoms with E-state index in [-0.39, 0.29) is 11.8 Å². The number of amides is 1. The van der Waals surface area contributed by atoms with E-state index in [0.29, 0.717) is 18.0 Å². The Hall–Kier alpha value is -2.95. The molecule has 3 nitrogen and oxygen atoms in total. The normalized spacial score (nSPS) is 10.9. The number of halogens is 1. The molecule has 0 fully saturated rings. The van der Waals surface area contributed by atoms with Crippen LogP contribution in [0.5, 0.6) is 0 Å². The van der Waals surface area contributed by atoms with Crippen molar-refractivity contribution in [3.63, 3.8) is 0 Å². The van der Waals surface area contributed by atoms with Crippen LogP contribution in [0.15, 0.2) is 90.3 Å². The quantitative estimate of drug-likeness (QED) is 0.391. The summed E-state index contributed by atoms with van der Waals surface area (Å²) in [5.41, 5.74) is 3.99. The van der Waals surface area contributed by atoms with Gasteiger partial charge in [0.1, 0.15) is 5.01 Å². The van der Waals surface area contributed by atoms with E-state index in [1.54, 1.807) is 11.3 Å². The van der Waals surface area contributed by atoms with Crippen molar-refractivity contribution in [2.24, 2.45) is 0 Å². The summed E-state index contributed by atoms with van der Waals surface area (Å²) in [4.78, 5) is 17.7. The average Bonchev–Trinajstić information content (AvgIpc) is 3.25. The maximum absolute atomic E-state index is 13.1. The van der Waals surface area contributed by atoms with Gasteiger partial charge in [-0.15, -0.1) is 11.3 Å². The van der Waals surface area contributed by atoms with E-state index < -0.39 is 0 Å². The SMILES string of the molecule is O=C(NCCc1csc(-c2ccc(Cl)cc2)n1)C(c1ccccc1)c1ccccc1. The molecule has 1 amide bonds. The third-order valence-corrected chi connectivity index (χ3v) is 6.04. The van der Waals surface area contributed by atoms with Crippen molar-refractivity contribution in [2.75, 3.05) is 6.54 Å². The number of benzene rings is 3. The van der Waals surface area contributed by atoms with Gasteiger partial charge < -0.3 is 5.32 Å². The van der Waals surface area contributed by atoms with Gasteiger partial charge in [-0.2, -0.15) is 0 Å². The van der Waals surface area contributed by atoms with E-state index in [9.17, 15) is 4.79 Å². The highest BCUT2D eigenvalue weighted by atomic mass is 35.5. The Kier molecular flexibility index (Phi) is 6.57. The van der Waals surface area contributed by atoms with Crippen LogP contribution >= 0.6 is 22.9 Å². The van der Waals surface area contributed by atoms with Crippen LogP contribution in [0.4, 0.5) is 0 Å². The molecule has 0 saturated carbocycles. The van der Waals surface area contributed by atoms with E-state index in [2.05, 4.69) is 5.32 Å². The lowest BCUT2D eigenvalue weighted by molar-refractivity contribution is -0.121. The van der Waals surface area contributed by atoms with E-state index in [0.717, 1.165) is 27.4 Å². The molecular formula is C25H21ClN2OS. The van der Waals surface area contributed by atoms with Gasteiger partial charge in [0, 0.05) is 28.9 Å². The second-order valence-electron chi connectivity index (χ2n) is 6.95. The van der Waals surface area contributed by atoms with Crippen LogP contribution in [-0.2, 0) is 11.2 Å². The van der Waals surface area contributed by atoms with Gasteiger partial charge in [-0.05, 0) is 23.3 Å². The fourth-order valence-corrected chi connectivity index (χ4v) is 4.34. The topological polar surface area (TPSA) is 42.0 Å². The summed E-state index contributed by atoms with van der Waals surface area (Å²) < 4.78 is 0. The summed E-state index contributed by atoms with van der Waals surface area (Å²) in [6, 6.07) is 27.4. The van der Waals surface area contributed by atoms with E-state index >= 15 is 0 Å². The van der Waals surface area contributed by atoms with Crippen LogP contribution in [0.3, 0.4) is 0 Å². The van der Waals surface area contributed by atoms with Gasteiger partial charge in [0.05, 0.1) is 11.6 Å². The summed E-state index contributed by atoms with van der Waals surface area (Å²) in [7, 11) is 0. The Labute approximate surface area is 185 Å². The van der Waals surface area contributed by atoms with Gasteiger partial charge in [-0.1, -0.05) is 84.4 Å². The number of hydrogen-bond acceptors (Lipinski definition) is 3. The van der Waals surface area contributed by atoms with E-state index in [1.165, 1.54) is 0 Å². The smallest absolute Gasteiger partial charge is 0.232 e. The van der Waals surface area contributed by atoms with Crippen LogP contribution in [0.2, 0.25) is 5.02 Å². The molecule has 0 aliphatic rings. The Morgan fingerprint density at radius 2 is 1.50 bits per heavy atom. The van der Waals surface area contributed by atoms with Gasteiger partial charge >= 0.3 is 0 Å². The van der Waals surface area contributed by atoms with Gasteiger partial charge in [-0.25, -0.2) is 4.98 Å². The highest BCUT2D eigenvalue weighted by Gasteiger charge is 2.22. The second kappa shape index (κ2) is 9.70. The summed E-state index contributed by atoms with van der Waals surface area (Å²) in [5, 5.41) is 6.81. The van der Waals surface area contributed by atoms with Gasteiger partial charge in [-0.3, -0.25) is 4.79 Å². The predicted molar refractivity (Wildman–Crippen MR) is 124 cm³/mol. The molecule has 0 radical (unpaired) electrons. The maximum atomic E-state index is 13.1. The molecular weight excluding hydrogens is 412 g/mol. The first-order chi connectivity index (χ1) is 14.7. The number of carbonyl (C=O) groups is 1. The standard InChI is InChI=1S/C25H21ClN2OS/c26-21-13-11-20(12-14-21)25-28-22(17-30-25)15-16-27-24(29)23(18-7-3-1-4-8-18)19-9-5-2-6-10-19/h1-14,17,23H,15-16H2,(H,27,29). The Balaban J connectivity index is 1.41. The van der Waals surface area contributed by atoms with Crippen molar-refractivity contribution in [3.8, 4) is 10.6 Å². The monoisotopic (exact) mass is 432 g/mol. The molecule has 0 atom stereocenters. The molecule has 0 spiro atoms. The Morgan fingerprint density at radius 3 is 2.10 bits per heavy atom. The lowest BCUT2D eigenvalue weighted by Gasteiger charge is -2.17. The highest BCUT2D eigenvalue weighted by molar-refractivity contribution is 7.13. The van der Waals surface area contributed by atoms with Crippen molar-refractivity contribution in [2.45, 2.75) is 12.3 Å². The molecule has 0 bridgehead atoms. The van der Waals surface area contributed by atoms with Crippen LogP contribution in [0.25, 0.3) is 10.6 Å². The third kappa shape index (κ3) is 4.96. The zero-order valence-electron chi connectivity index (χ0n) is 16.3. The molecule has 1 N–H and O–H groups in total. The van der Waals surface area contributed by atoms with E-state index in [4.69, 9.17) is 16.6 Å². The Morgan fingerprint density at radius 1 is 0.900 bits per heavy atom. The third-order valence-electron chi connectivity index (χ3n) is 4.85. The van der Waals surface area contributed by atoms with Crippen LogP contribution in [-0.4, -0.2) is 17.4 Å². The highest BCUT2D eigenvalue weighted by Crippen LogP contribution is 2.26. The zero-order chi connectivity index (χ0) is 20.8. The molecule has 0 unspecified atom stereocenters. The molecule has 30 heavy (non-hydrogen) atoms.